The fraction of sp³-hybridized carbons (Fsp3) is 0.714. The van der Waals surface area contributed by atoms with Gasteiger partial charge in [-0.2, -0.15) is 0 Å². The van der Waals surface area contributed by atoms with E-state index in [0.29, 0.717) is 5.75 Å². The van der Waals surface area contributed by atoms with Crippen LogP contribution in [-0.4, -0.2) is 24.0 Å². The molecular weight excluding hydrogens is 335 g/mol. The van der Waals surface area contributed by atoms with Gasteiger partial charge in [-0.15, -0.1) is 0 Å². The second-order valence-electron chi connectivity index (χ2n) is 5.92. The first-order valence-electron chi connectivity index (χ1n) is 6.75. The van der Waals surface area contributed by atoms with E-state index in [9.17, 15) is 9.59 Å². The Morgan fingerprint density at radius 3 is 1.72 bits per heavy atom. The maximum atomic E-state index is 11.9. The maximum absolute atomic E-state index is 11.9. The van der Waals surface area contributed by atoms with Crippen LogP contribution in [0.2, 0.25) is 13.3 Å². The van der Waals surface area contributed by atoms with E-state index in [4.69, 9.17) is 4.74 Å². The molecule has 0 saturated carbocycles. The molecule has 0 aliphatic rings. The van der Waals surface area contributed by atoms with Crippen LogP contribution in [0.15, 0.2) is 9.59 Å². The zero-order chi connectivity index (χ0) is 14.1. The van der Waals surface area contributed by atoms with Gasteiger partial charge in [-0.1, -0.05) is 0 Å². The quantitative estimate of drug-likeness (QED) is 0.598. The molecule has 0 unspecified atom stereocenters. The predicted molar refractivity (Wildman–Crippen MR) is 78.6 cm³/mol. The van der Waals surface area contributed by atoms with Crippen molar-refractivity contribution in [1.82, 2.24) is 0 Å². The van der Waals surface area contributed by atoms with Crippen LogP contribution in [0.25, 0.3) is 0 Å². The Morgan fingerprint density at radius 1 is 0.944 bits per heavy atom. The van der Waals surface area contributed by atoms with E-state index in [2.05, 4.69) is 20.8 Å². The predicted octanol–water partition coefficient (Wildman–Crippen LogP) is 2.18. The molecule has 0 spiro atoms. The summed E-state index contributed by atoms with van der Waals surface area (Å²) in [4.78, 5) is 23.7. The Kier molecular flexibility index (Phi) is 4.68. The van der Waals surface area contributed by atoms with Gasteiger partial charge in [0.2, 0.25) is 0 Å². The van der Waals surface area contributed by atoms with Crippen molar-refractivity contribution in [1.29, 1.82) is 0 Å². The molecule has 0 N–H and O–H groups in total. The first-order chi connectivity index (χ1) is 8.22. The summed E-state index contributed by atoms with van der Waals surface area (Å²) >= 11 is -2.64. The van der Waals surface area contributed by atoms with Crippen molar-refractivity contribution in [2.24, 2.45) is 0 Å². The number of ether oxygens (including phenoxy) is 1. The Bertz CT molecular complexity index is 477. The van der Waals surface area contributed by atoms with E-state index in [1.807, 2.05) is 20.8 Å². The molecule has 0 aromatic heterocycles. The average Bonchev–Trinajstić information content (AvgIpc) is 2.32. The Balaban J connectivity index is 3.30. The second kappa shape index (κ2) is 5.35. The summed E-state index contributed by atoms with van der Waals surface area (Å²) in [6, 6.07) is 0. The van der Waals surface area contributed by atoms with Gasteiger partial charge >= 0.3 is 113 Å². The van der Waals surface area contributed by atoms with Crippen molar-refractivity contribution in [3.8, 4) is 5.75 Å². The van der Waals surface area contributed by atoms with Crippen molar-refractivity contribution in [2.75, 3.05) is 0 Å². The summed E-state index contributed by atoms with van der Waals surface area (Å²) in [5.41, 5.74) is -1.07. The van der Waals surface area contributed by atoms with Crippen LogP contribution < -0.4 is 19.2 Å². The molecule has 1 aromatic rings. The van der Waals surface area contributed by atoms with E-state index in [1.54, 1.807) is 0 Å². The summed E-state index contributed by atoms with van der Waals surface area (Å²) in [7, 11) is 0. The monoisotopic (exact) mass is 360 g/mol. The van der Waals surface area contributed by atoms with Gasteiger partial charge in [-0.05, 0) is 0 Å². The van der Waals surface area contributed by atoms with Gasteiger partial charge in [0.05, 0.1) is 0 Å². The number of rotatable bonds is 5. The van der Waals surface area contributed by atoms with Crippen molar-refractivity contribution < 1.29 is 4.74 Å². The van der Waals surface area contributed by atoms with Crippen LogP contribution in [0.1, 0.15) is 41.5 Å². The molecule has 18 heavy (non-hydrogen) atoms. The Labute approximate surface area is 113 Å². The summed E-state index contributed by atoms with van der Waals surface area (Å²) in [5, 5.41) is 0. The Morgan fingerprint density at radius 2 is 1.39 bits per heavy atom. The standard InChI is InChI=1S/C8H9O3.3C2H5.Sn/c1-8(2,3)11-6-4-5(9)7(6)10;3*1-2;/h1-3H3;3*1H2,2H3;. The van der Waals surface area contributed by atoms with Crippen LogP contribution in [0, 0.1) is 0 Å². The Hall–Kier alpha value is -0.321. The summed E-state index contributed by atoms with van der Waals surface area (Å²) < 4.78 is 9.76. The van der Waals surface area contributed by atoms with E-state index < -0.39 is 29.4 Å². The SMILES string of the molecule is C[CH2][Sn]([CH2]C)([CH2]C)[c]1c(OC(C)(C)C)c(=O)c1=O. The molecule has 0 heterocycles. The van der Waals surface area contributed by atoms with Crippen LogP contribution in [0.5, 0.6) is 5.75 Å². The first kappa shape index (κ1) is 15.7. The van der Waals surface area contributed by atoms with E-state index >= 15 is 0 Å². The minimum absolute atomic E-state index is 0.254. The van der Waals surface area contributed by atoms with Crippen LogP contribution in [-0.2, 0) is 0 Å². The fourth-order valence-corrected chi connectivity index (χ4v) is 13.4. The minimum atomic E-state index is -2.64. The zero-order valence-electron chi connectivity index (χ0n) is 12.3. The van der Waals surface area contributed by atoms with Crippen LogP contribution >= 0.6 is 0 Å². The van der Waals surface area contributed by atoms with Crippen molar-refractivity contribution in [2.45, 2.75) is 60.5 Å². The van der Waals surface area contributed by atoms with Gasteiger partial charge < -0.3 is 0 Å². The molecule has 0 atom stereocenters. The van der Waals surface area contributed by atoms with Crippen molar-refractivity contribution in [3.05, 3.63) is 20.4 Å². The van der Waals surface area contributed by atoms with E-state index in [0.717, 1.165) is 16.9 Å². The topological polar surface area (TPSA) is 43.4 Å². The van der Waals surface area contributed by atoms with Gasteiger partial charge in [-0.25, -0.2) is 0 Å². The molecule has 0 amide bonds. The van der Waals surface area contributed by atoms with Gasteiger partial charge in [-0.3, -0.25) is 0 Å². The van der Waals surface area contributed by atoms with Gasteiger partial charge in [0.25, 0.3) is 0 Å². The molecule has 0 aliphatic carbocycles. The average molecular weight is 359 g/mol. The van der Waals surface area contributed by atoms with Crippen molar-refractivity contribution in [3.63, 3.8) is 0 Å². The van der Waals surface area contributed by atoms with Crippen LogP contribution in [0.3, 0.4) is 0 Å². The number of hydrogen-bond donors (Lipinski definition) is 0. The van der Waals surface area contributed by atoms with E-state index in [1.165, 1.54) is 0 Å². The van der Waals surface area contributed by atoms with Crippen LogP contribution in [0.4, 0.5) is 0 Å². The molecule has 4 heteroatoms. The fourth-order valence-electron chi connectivity index (χ4n) is 2.54. The molecular formula is C14H24O3Sn. The zero-order valence-corrected chi connectivity index (χ0v) is 15.2. The molecule has 0 aliphatic heterocycles. The molecule has 0 radical (unpaired) electrons. The molecule has 0 saturated heterocycles. The molecule has 0 fully saturated rings. The van der Waals surface area contributed by atoms with Gasteiger partial charge in [0.1, 0.15) is 0 Å². The molecule has 1 aromatic carbocycles. The summed E-state index contributed by atoms with van der Waals surface area (Å²) in [6.07, 6.45) is 0. The molecule has 0 bridgehead atoms. The molecule has 1 rings (SSSR count). The summed E-state index contributed by atoms with van der Waals surface area (Å²) in [6.45, 7) is 12.2. The molecule has 102 valence electrons. The molecule has 3 nitrogen and oxygen atoms in total. The third kappa shape index (κ3) is 2.65. The van der Waals surface area contributed by atoms with E-state index in [-0.39, 0.29) is 5.43 Å². The summed E-state index contributed by atoms with van der Waals surface area (Å²) in [5.74, 6) is 0.397. The third-order valence-corrected chi connectivity index (χ3v) is 19.7. The van der Waals surface area contributed by atoms with Gasteiger partial charge in [0.15, 0.2) is 0 Å². The number of hydrogen-bond acceptors (Lipinski definition) is 3. The first-order valence-corrected chi connectivity index (χ1v) is 14.2. The second-order valence-corrected chi connectivity index (χ2v) is 20.7. The van der Waals surface area contributed by atoms with Crippen molar-refractivity contribution >= 4 is 22.0 Å². The third-order valence-electron chi connectivity index (χ3n) is 3.84. The van der Waals surface area contributed by atoms with Gasteiger partial charge in [0, 0.05) is 0 Å². The normalized spacial score (nSPS) is 13.0.